The number of carbonyl (C=O) groups is 1. The molecule has 0 saturated carbocycles. The van der Waals surface area contributed by atoms with E-state index in [1.165, 1.54) is 30.3 Å². The third-order valence-corrected chi connectivity index (χ3v) is 9.60. The van der Waals surface area contributed by atoms with E-state index < -0.39 is 68.9 Å². The maximum Gasteiger partial charge on any atom is 0.471 e. The number of halogens is 8. The SMILES string of the molecule is CC(F)(c1cc2c(cc1F)[C@]1(S(=O)(=O)c3ccccc3)CCN(C(=O)C(F)(F)F)[C@@H]1CC2)C(F)(F)F. The molecule has 1 aliphatic carbocycles. The summed E-state index contributed by atoms with van der Waals surface area (Å²) in [6.07, 6.45) is -12.0. The first-order valence-corrected chi connectivity index (χ1v) is 12.2. The first-order chi connectivity index (χ1) is 16.5. The summed E-state index contributed by atoms with van der Waals surface area (Å²) in [5.41, 5.74) is -5.99. The summed E-state index contributed by atoms with van der Waals surface area (Å²) >= 11 is 0. The normalized spacial score (nSPS) is 24.1. The van der Waals surface area contributed by atoms with Crippen LogP contribution in [-0.2, 0) is 31.5 Å². The average Bonchev–Trinajstić information content (AvgIpc) is 3.18. The third-order valence-electron chi connectivity index (χ3n) is 7.05. The highest BCUT2D eigenvalue weighted by atomic mass is 32.2. The number of nitrogens with zero attached hydrogens (tertiary/aromatic N) is 1. The average molecular weight is 541 g/mol. The summed E-state index contributed by atoms with van der Waals surface area (Å²) in [6, 6.07) is 6.03. The lowest BCUT2D eigenvalue weighted by Gasteiger charge is -2.43. The standard InChI is InChI=1S/C23H19F8NO3S/c1-20(25,23(29,30)31)16-11-13-7-8-18-21(15(13)12-17(16)24,9-10-32(18)19(33)22(26,27)28)36(34,35)14-5-3-2-4-6-14/h2-6,11-12,18H,7-10H2,1H3/t18-,20?,21-/m1/s1. The van der Waals surface area contributed by atoms with Crippen molar-refractivity contribution < 1.29 is 48.3 Å². The van der Waals surface area contributed by atoms with Crippen LogP contribution in [0.1, 0.15) is 36.5 Å². The molecule has 2 aromatic rings. The molecule has 3 atom stereocenters. The molecule has 13 heteroatoms. The maximum absolute atomic E-state index is 15.1. The highest BCUT2D eigenvalue weighted by Crippen LogP contribution is 2.54. The summed E-state index contributed by atoms with van der Waals surface area (Å²) in [6.45, 7) is -0.513. The van der Waals surface area contributed by atoms with Gasteiger partial charge in [-0.3, -0.25) is 4.79 Å². The van der Waals surface area contributed by atoms with E-state index in [2.05, 4.69) is 0 Å². The molecule has 36 heavy (non-hydrogen) atoms. The number of fused-ring (bicyclic) bond motifs is 3. The van der Waals surface area contributed by atoms with Gasteiger partial charge in [0, 0.05) is 12.1 Å². The summed E-state index contributed by atoms with van der Waals surface area (Å²) < 4.78 is 135. The van der Waals surface area contributed by atoms with Crippen molar-refractivity contribution in [1.29, 1.82) is 0 Å². The zero-order valence-corrected chi connectivity index (χ0v) is 19.4. The summed E-state index contributed by atoms with van der Waals surface area (Å²) in [5.74, 6) is -3.97. The molecule has 0 bridgehead atoms. The number of rotatable bonds is 3. The monoisotopic (exact) mass is 541 g/mol. The molecule has 2 aliphatic rings. The van der Waals surface area contributed by atoms with Gasteiger partial charge in [-0.15, -0.1) is 0 Å². The largest absolute Gasteiger partial charge is 0.471 e. The lowest BCUT2D eigenvalue weighted by Crippen LogP contribution is -2.54. The van der Waals surface area contributed by atoms with Crippen molar-refractivity contribution in [2.45, 2.75) is 59.9 Å². The first kappa shape index (κ1) is 26.4. The second-order valence-electron chi connectivity index (χ2n) is 9.00. The molecule has 0 N–H and O–H groups in total. The molecule has 0 aromatic heterocycles. The molecule has 1 amide bonds. The van der Waals surface area contributed by atoms with E-state index >= 15 is 4.39 Å². The zero-order valence-electron chi connectivity index (χ0n) is 18.6. The molecule has 1 aliphatic heterocycles. The number of sulfone groups is 1. The molecule has 1 unspecified atom stereocenters. The van der Waals surface area contributed by atoms with Gasteiger partial charge in [-0.2, -0.15) is 26.3 Å². The third kappa shape index (κ3) is 3.69. The highest BCUT2D eigenvalue weighted by molar-refractivity contribution is 7.92. The highest BCUT2D eigenvalue weighted by Gasteiger charge is 2.64. The van der Waals surface area contributed by atoms with E-state index in [1.54, 1.807) is 0 Å². The van der Waals surface area contributed by atoms with Crippen LogP contribution in [0, 0.1) is 5.82 Å². The van der Waals surface area contributed by atoms with Crippen LogP contribution in [0.3, 0.4) is 0 Å². The van der Waals surface area contributed by atoms with E-state index in [1.807, 2.05) is 0 Å². The molecule has 0 radical (unpaired) electrons. The number of benzene rings is 2. The van der Waals surface area contributed by atoms with Crippen LogP contribution in [0.2, 0.25) is 0 Å². The molecule has 1 fully saturated rings. The molecule has 4 rings (SSSR count). The lowest BCUT2D eigenvalue weighted by atomic mass is 9.76. The molecule has 2 aromatic carbocycles. The number of alkyl halides is 7. The number of aryl methyl sites for hydroxylation is 1. The Morgan fingerprint density at radius 2 is 1.64 bits per heavy atom. The number of amides is 1. The van der Waals surface area contributed by atoms with Crippen molar-refractivity contribution in [1.82, 2.24) is 4.90 Å². The van der Waals surface area contributed by atoms with Gasteiger partial charge in [0.05, 0.1) is 10.9 Å². The fourth-order valence-corrected chi connectivity index (χ4v) is 7.64. The maximum atomic E-state index is 15.1. The van der Waals surface area contributed by atoms with Crippen LogP contribution in [0.25, 0.3) is 0 Å². The van der Waals surface area contributed by atoms with E-state index in [4.69, 9.17) is 0 Å². The van der Waals surface area contributed by atoms with Crippen molar-refractivity contribution in [2.75, 3.05) is 6.54 Å². The molecule has 0 spiro atoms. The van der Waals surface area contributed by atoms with Gasteiger partial charge in [0.1, 0.15) is 10.6 Å². The molecule has 1 saturated heterocycles. The number of hydrogen-bond acceptors (Lipinski definition) is 3. The molecular weight excluding hydrogens is 522 g/mol. The summed E-state index contributed by atoms with van der Waals surface area (Å²) in [4.78, 5) is 12.2. The van der Waals surface area contributed by atoms with Crippen molar-refractivity contribution in [3.8, 4) is 0 Å². The number of hydrogen-bond donors (Lipinski definition) is 0. The van der Waals surface area contributed by atoms with Gasteiger partial charge in [-0.05, 0) is 61.6 Å². The fourth-order valence-electron chi connectivity index (χ4n) is 5.26. The van der Waals surface area contributed by atoms with Crippen LogP contribution in [0.4, 0.5) is 35.1 Å². The second kappa shape index (κ2) is 8.15. The van der Waals surface area contributed by atoms with Crippen LogP contribution in [-0.4, -0.2) is 44.2 Å². The molecular formula is C23H19F8NO3S. The van der Waals surface area contributed by atoms with E-state index in [0.717, 1.165) is 0 Å². The van der Waals surface area contributed by atoms with Gasteiger partial charge < -0.3 is 4.90 Å². The first-order valence-electron chi connectivity index (χ1n) is 10.7. The lowest BCUT2D eigenvalue weighted by molar-refractivity contribution is -0.229. The van der Waals surface area contributed by atoms with Crippen LogP contribution in [0.5, 0.6) is 0 Å². The Kier molecular flexibility index (Phi) is 5.97. The zero-order chi connectivity index (χ0) is 26.9. The van der Waals surface area contributed by atoms with Gasteiger partial charge in [-0.25, -0.2) is 17.2 Å². The minimum absolute atomic E-state index is 0.124. The number of likely N-dealkylation sites (tertiary alicyclic amines) is 1. The van der Waals surface area contributed by atoms with Gasteiger partial charge in [0.2, 0.25) is 5.67 Å². The molecule has 1 heterocycles. The molecule has 4 nitrogen and oxygen atoms in total. The Labute approximate surface area is 200 Å². The van der Waals surface area contributed by atoms with Gasteiger partial charge in [-0.1, -0.05) is 18.2 Å². The van der Waals surface area contributed by atoms with E-state index in [-0.39, 0.29) is 35.8 Å². The predicted molar refractivity (Wildman–Crippen MR) is 111 cm³/mol. The Hall–Kier alpha value is -2.70. The molecule has 196 valence electrons. The Balaban J connectivity index is 1.98. The Bertz CT molecular complexity index is 1310. The van der Waals surface area contributed by atoms with Crippen molar-refractivity contribution in [3.63, 3.8) is 0 Å². The summed E-state index contributed by atoms with van der Waals surface area (Å²) in [5, 5.41) is 0. The number of carbonyl (C=O) groups excluding carboxylic acids is 1. The van der Waals surface area contributed by atoms with E-state index in [0.29, 0.717) is 17.0 Å². The van der Waals surface area contributed by atoms with Crippen molar-refractivity contribution in [3.05, 3.63) is 65.0 Å². The van der Waals surface area contributed by atoms with Gasteiger partial charge >= 0.3 is 18.3 Å². The van der Waals surface area contributed by atoms with E-state index in [9.17, 15) is 43.9 Å². The summed E-state index contributed by atoms with van der Waals surface area (Å²) in [7, 11) is -4.62. The van der Waals surface area contributed by atoms with Crippen molar-refractivity contribution >= 4 is 15.7 Å². The topological polar surface area (TPSA) is 54.5 Å². The fraction of sp³-hybridized carbons (Fsp3) is 0.435. The minimum atomic E-state index is -5.49. The Morgan fingerprint density at radius 1 is 1.03 bits per heavy atom. The van der Waals surface area contributed by atoms with Crippen molar-refractivity contribution in [2.24, 2.45) is 0 Å². The van der Waals surface area contributed by atoms with Gasteiger partial charge in [0.25, 0.3) is 0 Å². The second-order valence-corrected chi connectivity index (χ2v) is 11.2. The van der Waals surface area contributed by atoms with Gasteiger partial charge in [0.15, 0.2) is 9.84 Å². The van der Waals surface area contributed by atoms with Crippen LogP contribution in [0.15, 0.2) is 47.4 Å². The predicted octanol–water partition coefficient (Wildman–Crippen LogP) is 5.35. The Morgan fingerprint density at radius 3 is 2.19 bits per heavy atom. The van der Waals surface area contributed by atoms with Crippen LogP contribution < -0.4 is 0 Å². The smallest absolute Gasteiger partial charge is 0.330 e. The van der Waals surface area contributed by atoms with Crippen LogP contribution >= 0.6 is 0 Å². The minimum Gasteiger partial charge on any atom is -0.330 e. The quantitative estimate of drug-likeness (QED) is 0.493.